The van der Waals surface area contributed by atoms with Gasteiger partial charge in [0.15, 0.2) is 0 Å². The summed E-state index contributed by atoms with van der Waals surface area (Å²) in [7, 11) is 0. The van der Waals surface area contributed by atoms with E-state index in [1.807, 2.05) is 0 Å². The van der Waals surface area contributed by atoms with E-state index in [0.29, 0.717) is 10.8 Å². The van der Waals surface area contributed by atoms with E-state index in [4.69, 9.17) is 0 Å². The van der Waals surface area contributed by atoms with E-state index in [9.17, 15) is 0 Å². The molecule has 0 saturated carbocycles. The Bertz CT molecular complexity index is 539. The first-order chi connectivity index (χ1) is 20.4. The summed E-state index contributed by atoms with van der Waals surface area (Å²) in [6, 6.07) is 0. The first-order valence-electron chi connectivity index (χ1n) is 19.7. The molecule has 0 saturated heterocycles. The smallest absolute Gasteiger partial charge is 0.0303 e. The molecule has 0 aromatic carbocycles. The summed E-state index contributed by atoms with van der Waals surface area (Å²) in [4.78, 5) is 0. The first kappa shape index (κ1) is 48.1. The quantitative estimate of drug-likeness (QED) is 0.0562. The highest BCUT2D eigenvalue weighted by atomic mass is 35.5. The van der Waals surface area contributed by atoms with Crippen LogP contribution in [-0.2, 0) is 0 Å². The van der Waals surface area contributed by atoms with E-state index in [2.05, 4.69) is 65.8 Å². The Morgan fingerprint density at radius 3 is 0.773 bits per heavy atom. The summed E-state index contributed by atoms with van der Waals surface area (Å²) in [6.07, 6.45) is 51.8. The fraction of sp³-hybridized carbons (Fsp3) is 0.905. The second-order valence-corrected chi connectivity index (χ2v) is 15.1. The zero-order valence-corrected chi connectivity index (χ0v) is 32.5. The van der Waals surface area contributed by atoms with E-state index in [-0.39, 0.29) is 18.6 Å². The van der Waals surface area contributed by atoms with Gasteiger partial charge in [-0.05, 0) is 75.0 Å². The van der Waals surface area contributed by atoms with E-state index in [1.165, 1.54) is 193 Å². The lowest BCUT2D eigenvalue weighted by molar-refractivity contribution is 0.0814. The Balaban J connectivity index is -0.00000840. The molecule has 0 aliphatic rings. The van der Waals surface area contributed by atoms with Crippen LogP contribution in [0, 0.1) is 10.8 Å². The summed E-state index contributed by atoms with van der Waals surface area (Å²) in [6.45, 7) is 14.8. The van der Waals surface area contributed by atoms with Crippen LogP contribution >= 0.6 is 12.4 Å². The maximum Gasteiger partial charge on any atom is -0.0303 e. The average molecular weight is 641 g/mol. The third-order valence-corrected chi connectivity index (χ3v) is 10.5. The first-order valence-corrected chi connectivity index (χ1v) is 19.7. The Morgan fingerprint density at radius 1 is 0.318 bits per heavy atom. The lowest BCUT2D eigenvalue weighted by Crippen LogP contribution is -2.32. The molecule has 0 heterocycles. The molecule has 0 aromatic rings. The van der Waals surface area contributed by atoms with Crippen molar-refractivity contribution in [3.63, 3.8) is 0 Å². The zero-order valence-electron chi connectivity index (χ0n) is 31.6. The molecule has 0 bridgehead atoms. The van der Waals surface area contributed by atoms with Gasteiger partial charge in [-0.25, -0.2) is 0 Å². The molecule has 0 aliphatic carbocycles. The highest BCUT2D eigenvalue weighted by molar-refractivity contribution is 5.85. The van der Waals surface area contributed by atoms with Crippen molar-refractivity contribution in [3.05, 3.63) is 24.3 Å². The fourth-order valence-electron chi connectivity index (χ4n) is 6.31. The fourth-order valence-corrected chi connectivity index (χ4v) is 6.31. The Labute approximate surface area is 287 Å². The SMILES string of the molecule is CCCCCCCC/C=C\CCCCCCCCC(C)(C)C(C)(C)CCCCCCCC/C=C\CCCCCCCC.Cl.N. The minimum Gasteiger partial charge on any atom is -0.344 e. The third-order valence-electron chi connectivity index (χ3n) is 10.5. The molecule has 0 radical (unpaired) electrons. The topological polar surface area (TPSA) is 35.0 Å². The number of halogens is 1. The second kappa shape index (κ2) is 35.6. The predicted molar refractivity (Wildman–Crippen MR) is 208 cm³/mol. The van der Waals surface area contributed by atoms with Crippen molar-refractivity contribution in [1.82, 2.24) is 6.15 Å². The maximum atomic E-state index is 2.55. The normalized spacial score (nSPS) is 12.2. The lowest BCUT2D eigenvalue weighted by Gasteiger charge is -2.42. The minimum atomic E-state index is 0. The van der Waals surface area contributed by atoms with Gasteiger partial charge >= 0.3 is 0 Å². The summed E-state index contributed by atoms with van der Waals surface area (Å²) in [5.74, 6) is 0. The second-order valence-electron chi connectivity index (χ2n) is 15.1. The molecule has 0 atom stereocenters. The van der Waals surface area contributed by atoms with E-state index < -0.39 is 0 Å². The van der Waals surface area contributed by atoms with Crippen molar-refractivity contribution in [3.8, 4) is 0 Å². The van der Waals surface area contributed by atoms with Gasteiger partial charge in [-0.1, -0.05) is 194 Å². The van der Waals surface area contributed by atoms with Gasteiger partial charge in [0.25, 0.3) is 0 Å². The van der Waals surface area contributed by atoms with Gasteiger partial charge in [0.1, 0.15) is 0 Å². The van der Waals surface area contributed by atoms with Gasteiger partial charge < -0.3 is 6.15 Å². The summed E-state index contributed by atoms with van der Waals surface area (Å²) < 4.78 is 0. The largest absolute Gasteiger partial charge is 0.344 e. The van der Waals surface area contributed by atoms with Crippen molar-refractivity contribution in [2.75, 3.05) is 0 Å². The molecule has 3 N–H and O–H groups in total. The summed E-state index contributed by atoms with van der Waals surface area (Å²) in [5, 5.41) is 0. The molecule has 0 rings (SSSR count). The van der Waals surface area contributed by atoms with Crippen molar-refractivity contribution >= 4 is 12.4 Å². The highest BCUT2D eigenvalue weighted by Crippen LogP contribution is 2.46. The lowest BCUT2D eigenvalue weighted by atomic mass is 9.63. The Kier molecular flexibility index (Phi) is 38.9. The average Bonchev–Trinajstić information content (AvgIpc) is 2.96. The number of allylic oxidation sites excluding steroid dienone is 4. The molecule has 266 valence electrons. The van der Waals surface area contributed by atoms with Crippen LogP contribution in [0.2, 0.25) is 0 Å². The minimum absolute atomic E-state index is 0. The van der Waals surface area contributed by atoms with Crippen molar-refractivity contribution in [1.29, 1.82) is 0 Å². The summed E-state index contributed by atoms with van der Waals surface area (Å²) >= 11 is 0. The van der Waals surface area contributed by atoms with Crippen molar-refractivity contribution in [2.45, 2.75) is 234 Å². The molecule has 1 nitrogen and oxygen atoms in total. The molecule has 2 heteroatoms. The van der Waals surface area contributed by atoms with Gasteiger partial charge in [0.2, 0.25) is 0 Å². The molecule has 0 amide bonds. The van der Waals surface area contributed by atoms with Gasteiger partial charge in [0, 0.05) is 0 Å². The number of rotatable bonds is 33. The van der Waals surface area contributed by atoms with Crippen LogP contribution in [0.3, 0.4) is 0 Å². The van der Waals surface area contributed by atoms with Crippen LogP contribution in [0.1, 0.15) is 234 Å². The summed E-state index contributed by atoms with van der Waals surface area (Å²) in [5.41, 5.74) is 0.908. The molecular weight excluding hydrogens is 554 g/mol. The third kappa shape index (κ3) is 31.7. The van der Waals surface area contributed by atoms with Crippen LogP contribution in [0.25, 0.3) is 0 Å². The molecule has 0 aromatic heterocycles. The zero-order chi connectivity index (χ0) is 31.0. The molecule has 0 spiro atoms. The molecule has 0 unspecified atom stereocenters. The van der Waals surface area contributed by atoms with Gasteiger partial charge in [0.05, 0.1) is 0 Å². The Hall–Kier alpha value is -0.270. The molecular formula is C42H86ClN. The van der Waals surface area contributed by atoms with E-state index in [0.717, 1.165) is 0 Å². The monoisotopic (exact) mass is 640 g/mol. The number of hydrogen-bond donors (Lipinski definition) is 1. The van der Waals surface area contributed by atoms with E-state index in [1.54, 1.807) is 0 Å². The van der Waals surface area contributed by atoms with Crippen molar-refractivity contribution < 1.29 is 0 Å². The number of hydrogen-bond acceptors (Lipinski definition) is 1. The van der Waals surface area contributed by atoms with Gasteiger partial charge in [-0.3, -0.25) is 0 Å². The van der Waals surface area contributed by atoms with Crippen LogP contribution in [-0.4, -0.2) is 0 Å². The van der Waals surface area contributed by atoms with Crippen LogP contribution in [0.15, 0.2) is 24.3 Å². The van der Waals surface area contributed by atoms with E-state index >= 15 is 0 Å². The standard InChI is InChI=1S/C42H82.ClH.H3N/c1-7-9-11-13-15-17-19-21-23-25-27-29-31-33-35-37-39-41(3,4)42(5,6)40-38-36-34-32-30-28-26-24-22-20-18-16-14-12-10-8-2;;/h21-24H,7-20,25-40H2,1-6H3;1H;1H3/b23-21-,24-22-;;. The van der Waals surface area contributed by atoms with Crippen LogP contribution in [0.4, 0.5) is 0 Å². The number of unbranched alkanes of at least 4 members (excludes halogenated alkanes) is 24. The van der Waals surface area contributed by atoms with Crippen molar-refractivity contribution in [2.24, 2.45) is 10.8 Å². The van der Waals surface area contributed by atoms with Gasteiger partial charge in [-0.2, -0.15) is 0 Å². The molecule has 44 heavy (non-hydrogen) atoms. The molecule has 0 fully saturated rings. The van der Waals surface area contributed by atoms with Crippen LogP contribution < -0.4 is 6.15 Å². The maximum absolute atomic E-state index is 2.55. The predicted octanol–water partition coefficient (Wildman–Crippen LogP) is 16.5. The molecule has 0 aliphatic heterocycles. The van der Waals surface area contributed by atoms with Gasteiger partial charge in [-0.15, -0.1) is 12.4 Å². The highest BCUT2D eigenvalue weighted by Gasteiger charge is 2.35. The van der Waals surface area contributed by atoms with Crippen LogP contribution in [0.5, 0.6) is 0 Å². The Morgan fingerprint density at radius 2 is 0.523 bits per heavy atom.